The number of allylic oxidation sites excluding steroid dienone is 1. The minimum absolute atomic E-state index is 0.00762. The Morgan fingerprint density at radius 3 is 2.48 bits per heavy atom. The molecule has 4 aliphatic rings. The zero-order valence-corrected chi connectivity index (χ0v) is 24.1. The monoisotopic (exact) mass is 583 g/mol. The molecule has 1 aliphatic heterocycles. The second-order valence-corrected chi connectivity index (χ2v) is 12.0. The Morgan fingerprint density at radius 2 is 1.68 bits per heavy atom. The van der Waals surface area contributed by atoms with Crippen LogP contribution in [0.3, 0.4) is 0 Å². The molecule has 0 radical (unpaired) electrons. The van der Waals surface area contributed by atoms with Gasteiger partial charge in [0.2, 0.25) is 0 Å². The second kappa shape index (κ2) is 9.94. The first-order valence-electron chi connectivity index (χ1n) is 15.0. The van der Waals surface area contributed by atoms with Crippen LogP contribution in [0.2, 0.25) is 0 Å². The van der Waals surface area contributed by atoms with Crippen molar-refractivity contribution in [1.29, 1.82) is 0 Å². The number of pyridine rings is 4. The Labute approximate surface area is 253 Å². The molecule has 44 heavy (non-hydrogen) atoms. The molecule has 5 heterocycles. The van der Waals surface area contributed by atoms with Gasteiger partial charge in [-0.1, -0.05) is 18.2 Å². The Hall–Kier alpha value is -5.18. The van der Waals surface area contributed by atoms with Crippen molar-refractivity contribution in [1.82, 2.24) is 19.9 Å². The highest BCUT2D eigenvalue weighted by atomic mass is 16.4. The molecule has 9 heteroatoms. The van der Waals surface area contributed by atoms with E-state index in [1.807, 2.05) is 18.2 Å². The van der Waals surface area contributed by atoms with Gasteiger partial charge in [0.05, 0.1) is 40.5 Å². The van der Waals surface area contributed by atoms with E-state index in [4.69, 9.17) is 9.97 Å². The van der Waals surface area contributed by atoms with Crippen LogP contribution in [0.25, 0.3) is 23.5 Å². The van der Waals surface area contributed by atoms with Gasteiger partial charge in [0.25, 0.3) is 0 Å². The highest BCUT2D eigenvalue weighted by molar-refractivity contribution is 6.01. The lowest BCUT2D eigenvalue weighted by molar-refractivity contribution is 0.0690. The summed E-state index contributed by atoms with van der Waals surface area (Å²) < 4.78 is 0. The van der Waals surface area contributed by atoms with Crippen LogP contribution in [0.4, 0.5) is 5.82 Å². The SMILES string of the molecule is C/C(O)=C/c1ccc(C2CCc3cc4c(nc3C2=O)C2Nc3nc5c(cc3C=C2CC4)CCc2ccc(C(=O)O)nc2-5)cn1. The van der Waals surface area contributed by atoms with Crippen LogP contribution in [-0.4, -0.2) is 41.9 Å². The lowest BCUT2D eigenvalue weighted by Crippen LogP contribution is -2.29. The highest BCUT2D eigenvalue weighted by Crippen LogP contribution is 2.44. The molecule has 8 rings (SSSR count). The van der Waals surface area contributed by atoms with Gasteiger partial charge in [0.15, 0.2) is 5.78 Å². The maximum Gasteiger partial charge on any atom is 0.354 e. The molecule has 0 aromatic carbocycles. The van der Waals surface area contributed by atoms with Crippen molar-refractivity contribution in [3.63, 3.8) is 0 Å². The van der Waals surface area contributed by atoms with Crippen molar-refractivity contribution >= 4 is 29.7 Å². The third-order valence-corrected chi connectivity index (χ3v) is 9.20. The van der Waals surface area contributed by atoms with E-state index in [2.05, 4.69) is 33.5 Å². The maximum absolute atomic E-state index is 13.8. The second-order valence-electron chi connectivity index (χ2n) is 12.0. The molecule has 9 nitrogen and oxygen atoms in total. The van der Waals surface area contributed by atoms with Gasteiger partial charge in [-0.25, -0.2) is 19.7 Å². The molecule has 4 aromatic rings. The number of fused-ring (bicyclic) bond motifs is 8. The molecule has 4 aromatic heterocycles. The first-order valence-corrected chi connectivity index (χ1v) is 15.0. The van der Waals surface area contributed by atoms with Crippen LogP contribution in [0, 0.1) is 0 Å². The molecule has 0 spiro atoms. The quantitative estimate of drug-likeness (QED) is 0.246. The van der Waals surface area contributed by atoms with E-state index in [1.54, 1.807) is 25.3 Å². The molecule has 0 amide bonds. The number of aromatic carboxylic acids is 1. The van der Waals surface area contributed by atoms with Crippen LogP contribution in [0.1, 0.15) is 97.5 Å². The number of aliphatic hydroxyl groups is 1. The van der Waals surface area contributed by atoms with E-state index in [-0.39, 0.29) is 29.2 Å². The van der Waals surface area contributed by atoms with Crippen LogP contribution in [-0.2, 0) is 25.7 Å². The average molecular weight is 584 g/mol. The molecule has 2 unspecified atom stereocenters. The standard InChI is InChI=1S/C35H29N5O4/c1-17(41)12-25-9-6-23(16-36-25)26-10-7-22-13-19-4-5-21-15-24-14-20-3-2-18-8-11-27(35(43)44)37-28(18)30(20)39-34(24)40-31(21)29(19)38-32(22)33(26)42/h6,8-9,11-16,26,31,41H,2-5,7,10H2,1H3,(H,39,40)(H,43,44)/b17-12-. The number of aliphatic hydroxyl groups excluding tert-OH is 1. The summed E-state index contributed by atoms with van der Waals surface area (Å²) in [5, 5.41) is 22.7. The van der Waals surface area contributed by atoms with Crippen molar-refractivity contribution in [2.24, 2.45) is 0 Å². The van der Waals surface area contributed by atoms with Gasteiger partial charge in [0, 0.05) is 17.8 Å². The van der Waals surface area contributed by atoms with E-state index >= 15 is 0 Å². The fourth-order valence-corrected chi connectivity index (χ4v) is 7.04. The van der Waals surface area contributed by atoms with Crippen molar-refractivity contribution in [2.45, 2.75) is 57.4 Å². The van der Waals surface area contributed by atoms with E-state index in [9.17, 15) is 19.8 Å². The smallest absolute Gasteiger partial charge is 0.354 e. The third-order valence-electron chi connectivity index (χ3n) is 9.20. The molecule has 3 N–H and O–H groups in total. The lowest BCUT2D eigenvalue weighted by Gasteiger charge is -2.34. The van der Waals surface area contributed by atoms with Crippen molar-refractivity contribution in [2.75, 3.05) is 5.32 Å². The summed E-state index contributed by atoms with van der Waals surface area (Å²) in [7, 11) is 0. The van der Waals surface area contributed by atoms with Crippen molar-refractivity contribution < 1.29 is 19.8 Å². The molecule has 0 saturated carbocycles. The molecular weight excluding hydrogens is 554 g/mol. The molecule has 2 atom stereocenters. The van der Waals surface area contributed by atoms with Crippen molar-refractivity contribution in [3.05, 3.63) is 110 Å². The molecule has 3 aliphatic carbocycles. The summed E-state index contributed by atoms with van der Waals surface area (Å²) in [6.45, 7) is 1.60. The third kappa shape index (κ3) is 4.30. The number of anilines is 1. The van der Waals surface area contributed by atoms with Crippen molar-refractivity contribution in [3.8, 4) is 11.4 Å². The number of aromatic nitrogens is 4. The van der Waals surface area contributed by atoms with Crippen LogP contribution >= 0.6 is 0 Å². The Balaban J connectivity index is 1.14. The number of carboxylic acid groups (broad SMARTS) is 1. The van der Waals surface area contributed by atoms with Crippen LogP contribution in [0.15, 0.2) is 53.9 Å². The van der Waals surface area contributed by atoms with Gasteiger partial charge in [-0.2, -0.15) is 0 Å². The Bertz CT molecular complexity index is 1970. The first-order chi connectivity index (χ1) is 21.3. The highest BCUT2D eigenvalue weighted by Gasteiger charge is 2.36. The maximum atomic E-state index is 13.8. The topological polar surface area (TPSA) is 138 Å². The average Bonchev–Trinajstić information content (AvgIpc) is 3.02. The fraction of sp³-hybridized carbons (Fsp3) is 0.257. The molecule has 218 valence electrons. The lowest BCUT2D eigenvalue weighted by atomic mass is 9.78. The van der Waals surface area contributed by atoms with Gasteiger partial charge in [0.1, 0.15) is 17.2 Å². The van der Waals surface area contributed by atoms with E-state index in [1.165, 1.54) is 5.57 Å². The van der Waals surface area contributed by atoms with Gasteiger partial charge in [-0.15, -0.1) is 0 Å². The first kappa shape index (κ1) is 26.4. The van der Waals surface area contributed by atoms with Gasteiger partial charge in [-0.3, -0.25) is 9.78 Å². The number of nitrogens with zero attached hydrogens (tertiary/aromatic N) is 4. The fourth-order valence-electron chi connectivity index (χ4n) is 7.04. The zero-order chi connectivity index (χ0) is 30.1. The minimum atomic E-state index is -1.06. The number of carbonyl (C=O) groups excluding carboxylic acids is 1. The molecular formula is C35H29N5O4. The number of aryl methyl sites for hydroxylation is 4. The number of nitrogens with one attached hydrogen (secondary N) is 1. The number of carbonyl (C=O) groups is 2. The van der Waals surface area contributed by atoms with Gasteiger partial charge >= 0.3 is 5.97 Å². The summed E-state index contributed by atoms with van der Waals surface area (Å²) in [6.07, 6.45) is 10.3. The van der Waals surface area contributed by atoms with Crippen LogP contribution in [0.5, 0.6) is 0 Å². The molecule has 0 fully saturated rings. The van der Waals surface area contributed by atoms with Gasteiger partial charge < -0.3 is 15.5 Å². The summed E-state index contributed by atoms with van der Waals surface area (Å²) in [5.74, 6) is -0.477. The molecule has 0 saturated heterocycles. The van der Waals surface area contributed by atoms with E-state index in [0.29, 0.717) is 35.0 Å². The predicted molar refractivity (Wildman–Crippen MR) is 165 cm³/mol. The Morgan fingerprint density at radius 1 is 0.886 bits per heavy atom. The normalized spacial score (nSPS) is 19.7. The number of hydrogen-bond acceptors (Lipinski definition) is 8. The number of ketones is 1. The molecule has 0 bridgehead atoms. The predicted octanol–water partition coefficient (Wildman–Crippen LogP) is 6.06. The number of carboxylic acids is 1. The Kier molecular flexibility index (Phi) is 5.97. The number of rotatable bonds is 3. The van der Waals surface area contributed by atoms with Gasteiger partial charge in [-0.05, 0) is 103 Å². The number of Topliss-reactive ketones (excluding diaryl/α,β-unsaturated/α-hetero) is 1. The van der Waals surface area contributed by atoms with E-state index < -0.39 is 5.97 Å². The summed E-state index contributed by atoms with van der Waals surface area (Å²) >= 11 is 0. The zero-order valence-electron chi connectivity index (χ0n) is 24.1. The minimum Gasteiger partial charge on any atom is -0.513 e. The largest absolute Gasteiger partial charge is 0.513 e. The number of hydrogen-bond donors (Lipinski definition) is 3. The summed E-state index contributed by atoms with van der Waals surface area (Å²) in [6, 6.07) is 11.2. The summed E-state index contributed by atoms with van der Waals surface area (Å²) in [4.78, 5) is 44.4. The summed E-state index contributed by atoms with van der Waals surface area (Å²) in [5.41, 5.74) is 10.7. The van der Waals surface area contributed by atoms with Crippen LogP contribution < -0.4 is 5.32 Å². The van der Waals surface area contributed by atoms with E-state index in [0.717, 1.165) is 71.2 Å².